The molecule has 0 saturated heterocycles. The smallest absolute Gasteiger partial charge is 0.163 e. The van der Waals surface area contributed by atoms with Crippen molar-refractivity contribution >= 4 is 24.1 Å². The van der Waals surface area contributed by atoms with Crippen LogP contribution in [0.2, 0.25) is 0 Å². The van der Waals surface area contributed by atoms with Crippen molar-refractivity contribution in [3.05, 3.63) is 71.8 Å². The standard InChI is InChI=1S/C22H24N2O4/c1-17(27)21(15-25,19-9-5-3-6-10-19)24(14-13-23)22(16-26,18(2)28)20-11-7-4-8-12-20/h3-12,15-16H,13-14,23H2,1-2H3. The number of carbonyl (C=O) groups is 4. The molecule has 0 bridgehead atoms. The van der Waals surface area contributed by atoms with E-state index in [9.17, 15) is 19.2 Å². The van der Waals surface area contributed by atoms with Crippen molar-refractivity contribution in [2.75, 3.05) is 13.1 Å². The highest BCUT2D eigenvalue weighted by molar-refractivity contribution is 6.07. The van der Waals surface area contributed by atoms with Gasteiger partial charge in [0.25, 0.3) is 0 Å². The van der Waals surface area contributed by atoms with Crippen LogP contribution in [0.15, 0.2) is 60.7 Å². The van der Waals surface area contributed by atoms with Gasteiger partial charge in [0.2, 0.25) is 0 Å². The number of aldehydes is 2. The lowest BCUT2D eigenvalue weighted by Crippen LogP contribution is -2.65. The topological polar surface area (TPSA) is 97.5 Å². The zero-order valence-corrected chi connectivity index (χ0v) is 16.0. The molecular formula is C22H24N2O4. The Kier molecular flexibility index (Phi) is 6.72. The molecule has 6 nitrogen and oxygen atoms in total. The summed E-state index contributed by atoms with van der Waals surface area (Å²) in [7, 11) is 0. The van der Waals surface area contributed by atoms with Crippen molar-refractivity contribution in [3.63, 3.8) is 0 Å². The summed E-state index contributed by atoms with van der Waals surface area (Å²) in [4.78, 5) is 52.0. The second-order valence-corrected chi connectivity index (χ2v) is 6.55. The molecular weight excluding hydrogens is 356 g/mol. The number of hydrogen-bond acceptors (Lipinski definition) is 6. The third kappa shape index (κ3) is 3.32. The fourth-order valence-corrected chi connectivity index (χ4v) is 3.67. The number of Topliss-reactive ketones (excluding diaryl/α,β-unsaturated/α-hetero) is 2. The molecule has 2 N–H and O–H groups in total. The van der Waals surface area contributed by atoms with E-state index in [1.807, 2.05) is 0 Å². The second-order valence-electron chi connectivity index (χ2n) is 6.55. The Hall–Kier alpha value is -2.96. The summed E-state index contributed by atoms with van der Waals surface area (Å²) in [6.07, 6.45) is 0.981. The van der Waals surface area contributed by atoms with Gasteiger partial charge in [0.05, 0.1) is 0 Å². The summed E-state index contributed by atoms with van der Waals surface area (Å²) in [5.74, 6) is -1.02. The maximum Gasteiger partial charge on any atom is 0.163 e. The summed E-state index contributed by atoms with van der Waals surface area (Å²) in [5, 5.41) is 0. The van der Waals surface area contributed by atoms with Crippen LogP contribution in [0.3, 0.4) is 0 Å². The molecule has 2 unspecified atom stereocenters. The average Bonchev–Trinajstić information content (AvgIpc) is 2.71. The van der Waals surface area contributed by atoms with Gasteiger partial charge in [0, 0.05) is 13.1 Å². The largest absolute Gasteiger partial charge is 0.329 e. The molecule has 0 heterocycles. The molecule has 2 aromatic rings. The predicted molar refractivity (Wildman–Crippen MR) is 105 cm³/mol. The molecule has 2 rings (SSSR count). The SMILES string of the molecule is CC(=O)C(C=O)(c1ccccc1)N(CCN)C(C=O)(C(C)=O)c1ccccc1. The lowest BCUT2D eigenvalue weighted by molar-refractivity contribution is -0.152. The first-order valence-electron chi connectivity index (χ1n) is 8.95. The number of rotatable bonds is 10. The molecule has 0 amide bonds. The Morgan fingerprint density at radius 3 is 1.43 bits per heavy atom. The van der Waals surface area contributed by atoms with E-state index in [0.29, 0.717) is 23.7 Å². The highest BCUT2D eigenvalue weighted by Gasteiger charge is 2.55. The monoisotopic (exact) mass is 380 g/mol. The quantitative estimate of drug-likeness (QED) is 0.497. The molecule has 0 aliphatic rings. The van der Waals surface area contributed by atoms with E-state index in [4.69, 9.17) is 5.73 Å². The van der Waals surface area contributed by atoms with E-state index in [1.54, 1.807) is 60.7 Å². The van der Waals surface area contributed by atoms with Gasteiger partial charge in [-0.05, 0) is 25.0 Å². The van der Waals surface area contributed by atoms with Crippen LogP contribution < -0.4 is 5.73 Å². The molecule has 0 saturated carbocycles. The highest BCUT2D eigenvalue weighted by Crippen LogP contribution is 2.39. The van der Waals surface area contributed by atoms with Crippen LogP contribution in [0.4, 0.5) is 0 Å². The number of nitrogens with zero attached hydrogens (tertiary/aromatic N) is 1. The summed E-state index contributed by atoms with van der Waals surface area (Å²) >= 11 is 0. The van der Waals surface area contributed by atoms with Crippen LogP contribution in [0.1, 0.15) is 25.0 Å². The molecule has 0 aliphatic heterocycles. The van der Waals surface area contributed by atoms with Crippen LogP contribution in [0, 0.1) is 0 Å². The van der Waals surface area contributed by atoms with Crippen LogP contribution in [-0.4, -0.2) is 42.1 Å². The molecule has 0 radical (unpaired) electrons. The zero-order valence-electron chi connectivity index (χ0n) is 16.0. The van der Waals surface area contributed by atoms with Gasteiger partial charge < -0.3 is 15.3 Å². The minimum atomic E-state index is -1.84. The van der Waals surface area contributed by atoms with Crippen molar-refractivity contribution in [1.82, 2.24) is 4.90 Å². The van der Waals surface area contributed by atoms with E-state index in [2.05, 4.69) is 0 Å². The van der Waals surface area contributed by atoms with Gasteiger partial charge in [-0.1, -0.05) is 60.7 Å². The van der Waals surface area contributed by atoms with Crippen LogP contribution in [0.5, 0.6) is 0 Å². The van der Waals surface area contributed by atoms with Crippen molar-refractivity contribution in [2.45, 2.75) is 24.9 Å². The van der Waals surface area contributed by atoms with Gasteiger partial charge >= 0.3 is 0 Å². The fourth-order valence-electron chi connectivity index (χ4n) is 3.67. The molecule has 2 atom stereocenters. The van der Waals surface area contributed by atoms with E-state index >= 15 is 0 Å². The van der Waals surface area contributed by atoms with E-state index in [0.717, 1.165) is 0 Å². The summed E-state index contributed by atoms with van der Waals surface area (Å²) in [6, 6.07) is 16.8. The second kappa shape index (κ2) is 8.82. The molecule has 6 heteroatoms. The predicted octanol–water partition coefficient (Wildman–Crippen LogP) is 1.61. The Bertz CT molecular complexity index is 784. The minimum absolute atomic E-state index is 0.0274. The fraction of sp³-hybridized carbons (Fsp3) is 0.273. The van der Waals surface area contributed by atoms with E-state index < -0.39 is 22.6 Å². The number of nitrogens with two attached hydrogens (primary N) is 1. The van der Waals surface area contributed by atoms with E-state index in [-0.39, 0.29) is 13.1 Å². The lowest BCUT2D eigenvalue weighted by atomic mass is 9.77. The van der Waals surface area contributed by atoms with Gasteiger partial charge in [0.15, 0.2) is 35.2 Å². The molecule has 2 aromatic carbocycles. The van der Waals surface area contributed by atoms with Crippen molar-refractivity contribution in [2.24, 2.45) is 5.73 Å². The Morgan fingerprint density at radius 1 is 0.821 bits per heavy atom. The first-order valence-corrected chi connectivity index (χ1v) is 8.95. The van der Waals surface area contributed by atoms with Crippen molar-refractivity contribution in [1.29, 1.82) is 0 Å². The number of benzene rings is 2. The summed E-state index contributed by atoms with van der Waals surface area (Å²) in [6.45, 7) is 2.54. The summed E-state index contributed by atoms with van der Waals surface area (Å²) < 4.78 is 0. The first-order chi connectivity index (χ1) is 13.4. The van der Waals surface area contributed by atoms with Crippen LogP contribution in [0.25, 0.3) is 0 Å². The number of ketones is 2. The molecule has 28 heavy (non-hydrogen) atoms. The van der Waals surface area contributed by atoms with Crippen molar-refractivity contribution < 1.29 is 19.2 Å². The Labute approximate surface area is 164 Å². The first kappa shape index (κ1) is 21.3. The Balaban J connectivity index is 2.92. The van der Waals surface area contributed by atoms with Gasteiger partial charge in [-0.3, -0.25) is 14.5 Å². The van der Waals surface area contributed by atoms with Crippen LogP contribution >= 0.6 is 0 Å². The summed E-state index contributed by atoms with van der Waals surface area (Å²) in [5.41, 5.74) is 2.84. The van der Waals surface area contributed by atoms with Gasteiger partial charge in [-0.2, -0.15) is 0 Å². The number of carbonyl (C=O) groups excluding carboxylic acids is 4. The minimum Gasteiger partial charge on any atom is -0.329 e. The van der Waals surface area contributed by atoms with Gasteiger partial charge in [0.1, 0.15) is 0 Å². The highest BCUT2D eigenvalue weighted by atomic mass is 16.2. The molecule has 0 spiro atoms. The number of hydrogen-bond donors (Lipinski definition) is 1. The molecule has 0 aliphatic carbocycles. The van der Waals surface area contributed by atoms with Crippen LogP contribution in [-0.2, 0) is 30.3 Å². The molecule has 0 aromatic heterocycles. The zero-order chi connectivity index (χ0) is 20.8. The lowest BCUT2D eigenvalue weighted by Gasteiger charge is -2.47. The average molecular weight is 380 g/mol. The maximum absolute atomic E-state index is 12.9. The Morgan fingerprint density at radius 2 is 1.18 bits per heavy atom. The molecule has 0 fully saturated rings. The van der Waals surface area contributed by atoms with Crippen molar-refractivity contribution in [3.8, 4) is 0 Å². The maximum atomic E-state index is 12.9. The normalized spacial score (nSPS) is 15.3. The van der Waals surface area contributed by atoms with E-state index in [1.165, 1.54) is 18.7 Å². The third-order valence-electron chi connectivity index (χ3n) is 5.05. The third-order valence-corrected chi connectivity index (χ3v) is 5.05. The van der Waals surface area contributed by atoms with Gasteiger partial charge in [-0.15, -0.1) is 0 Å². The molecule has 146 valence electrons. The van der Waals surface area contributed by atoms with Gasteiger partial charge in [-0.25, -0.2) is 0 Å².